The van der Waals surface area contributed by atoms with Gasteiger partial charge in [-0.25, -0.2) is 0 Å². The number of amides is 4. The standard InChI is InChI=1S/C58H116N6O16S2/c59-23-33-73-41-49-77-45-37-71-31-21-57(67)63-27-35-75-43-51-79-47-39-69-29-19-55(65)61-25-15-11-7-3-1-5-9-13-17-53-81-82-54-18-14-10-6-2-4-8-12-16-26-62-56(66)20-30-70-40-48-80-52-44-76-36-28-64-58(68)22-32-72-38-46-78-50-42-74-34-24-60/h1-54,59-60H2,(H,61,65)(H,62,66)(H,63,67)(H,64,68). The molecule has 0 aromatic carbocycles. The van der Waals surface area contributed by atoms with Gasteiger partial charge in [-0.2, -0.15) is 0 Å². The minimum absolute atomic E-state index is 0.0295. The van der Waals surface area contributed by atoms with E-state index in [-0.39, 0.29) is 36.5 Å². The lowest BCUT2D eigenvalue weighted by molar-refractivity contribution is -0.123. The number of unbranched alkanes of at least 4 members (excludes halogenated alkanes) is 16. The van der Waals surface area contributed by atoms with Gasteiger partial charge in [-0.05, 0) is 25.7 Å². The van der Waals surface area contributed by atoms with Gasteiger partial charge < -0.3 is 89.6 Å². The van der Waals surface area contributed by atoms with Crippen molar-refractivity contribution in [3.8, 4) is 0 Å². The van der Waals surface area contributed by atoms with Crippen LogP contribution < -0.4 is 32.7 Å². The zero-order valence-electron chi connectivity index (χ0n) is 50.7. The van der Waals surface area contributed by atoms with Gasteiger partial charge in [0.2, 0.25) is 23.6 Å². The van der Waals surface area contributed by atoms with Crippen molar-refractivity contribution in [2.45, 2.75) is 141 Å². The monoisotopic (exact) mass is 1220 g/mol. The van der Waals surface area contributed by atoms with Crippen LogP contribution in [-0.2, 0) is 76.0 Å². The summed E-state index contributed by atoms with van der Waals surface area (Å²) in [6.07, 6.45) is 23.9. The second kappa shape index (κ2) is 71.5. The minimum Gasteiger partial charge on any atom is -0.379 e. The molecule has 24 heteroatoms. The Morgan fingerprint density at radius 1 is 0.232 bits per heavy atom. The number of ether oxygens (including phenoxy) is 12. The van der Waals surface area contributed by atoms with Crippen LogP contribution in [0.15, 0.2) is 0 Å². The first-order valence-electron chi connectivity index (χ1n) is 31.1. The molecule has 0 unspecified atom stereocenters. The number of nitrogens with two attached hydrogens (primary N) is 2. The summed E-state index contributed by atoms with van der Waals surface area (Å²) in [6, 6.07) is 0. The van der Waals surface area contributed by atoms with E-state index in [1.165, 1.54) is 101 Å². The molecule has 0 bridgehead atoms. The third kappa shape index (κ3) is 70.5. The molecule has 4 amide bonds. The van der Waals surface area contributed by atoms with Crippen LogP contribution in [-0.4, -0.2) is 233 Å². The Morgan fingerprint density at radius 2 is 0.427 bits per heavy atom. The molecule has 0 saturated heterocycles. The molecular weight excluding hydrogens is 1100 g/mol. The Labute approximate surface area is 502 Å². The molecule has 0 saturated carbocycles. The van der Waals surface area contributed by atoms with Gasteiger partial charge in [0, 0.05) is 76.5 Å². The molecule has 0 rings (SSSR count). The Kier molecular flexibility index (Phi) is 69.8. The highest BCUT2D eigenvalue weighted by Gasteiger charge is 2.06. The zero-order chi connectivity index (χ0) is 59.2. The number of rotatable bonds is 71. The average Bonchev–Trinajstić information content (AvgIpc) is 3.47. The van der Waals surface area contributed by atoms with Crippen LogP contribution in [0.4, 0.5) is 0 Å². The molecule has 0 spiro atoms. The van der Waals surface area contributed by atoms with E-state index < -0.39 is 0 Å². The fraction of sp³-hybridized carbons (Fsp3) is 0.931. The summed E-state index contributed by atoms with van der Waals surface area (Å²) in [4.78, 5) is 47.9. The molecule has 82 heavy (non-hydrogen) atoms. The van der Waals surface area contributed by atoms with Crippen molar-refractivity contribution in [2.24, 2.45) is 11.5 Å². The molecule has 8 N–H and O–H groups in total. The second-order valence-corrected chi connectivity index (χ2v) is 22.0. The van der Waals surface area contributed by atoms with E-state index >= 15 is 0 Å². The summed E-state index contributed by atoms with van der Waals surface area (Å²) >= 11 is 0. The van der Waals surface area contributed by atoms with Crippen molar-refractivity contribution in [3.63, 3.8) is 0 Å². The Bertz CT molecular complexity index is 1250. The molecule has 0 atom stereocenters. The summed E-state index contributed by atoms with van der Waals surface area (Å²) in [5.41, 5.74) is 10.7. The summed E-state index contributed by atoms with van der Waals surface area (Å²) in [5, 5.41) is 11.6. The smallest absolute Gasteiger partial charge is 0.222 e. The van der Waals surface area contributed by atoms with Gasteiger partial charge in [0.1, 0.15) is 0 Å². The maximum absolute atomic E-state index is 12.1. The van der Waals surface area contributed by atoms with Crippen molar-refractivity contribution in [2.75, 3.05) is 209 Å². The van der Waals surface area contributed by atoms with E-state index in [0.717, 1.165) is 38.8 Å². The highest BCUT2D eigenvalue weighted by atomic mass is 33.1. The number of carbonyl (C=O) groups excluding carboxylic acids is 4. The normalized spacial score (nSPS) is 11.4. The maximum Gasteiger partial charge on any atom is 0.222 e. The maximum atomic E-state index is 12.1. The lowest BCUT2D eigenvalue weighted by Crippen LogP contribution is -2.28. The first-order chi connectivity index (χ1) is 40.5. The lowest BCUT2D eigenvalue weighted by atomic mass is 10.1. The fourth-order valence-electron chi connectivity index (χ4n) is 7.49. The van der Waals surface area contributed by atoms with Gasteiger partial charge in [-0.15, -0.1) is 0 Å². The van der Waals surface area contributed by atoms with Crippen molar-refractivity contribution >= 4 is 45.2 Å². The molecule has 0 radical (unpaired) electrons. The predicted octanol–water partition coefficient (Wildman–Crippen LogP) is 5.53. The number of hydrogen-bond acceptors (Lipinski definition) is 20. The number of hydrogen-bond donors (Lipinski definition) is 6. The minimum atomic E-state index is -0.0857. The molecular formula is C58H116N6O16S2. The first-order valence-corrected chi connectivity index (χ1v) is 33.6. The van der Waals surface area contributed by atoms with Crippen LogP contribution in [0.3, 0.4) is 0 Å². The topological polar surface area (TPSA) is 279 Å². The Morgan fingerprint density at radius 3 is 0.683 bits per heavy atom. The Balaban J connectivity index is 3.24. The van der Waals surface area contributed by atoms with Crippen molar-refractivity contribution in [3.05, 3.63) is 0 Å². The zero-order valence-corrected chi connectivity index (χ0v) is 52.3. The van der Waals surface area contributed by atoms with Crippen LogP contribution in [0.5, 0.6) is 0 Å². The Hall–Kier alpha value is -1.98. The second-order valence-electron chi connectivity index (χ2n) is 19.3. The summed E-state index contributed by atoms with van der Waals surface area (Å²) < 4.78 is 65.0. The van der Waals surface area contributed by atoms with E-state index in [1.807, 2.05) is 21.6 Å². The fourth-order valence-corrected chi connectivity index (χ4v) is 9.79. The van der Waals surface area contributed by atoms with Crippen LogP contribution in [0, 0.1) is 0 Å². The van der Waals surface area contributed by atoms with Crippen LogP contribution in [0.2, 0.25) is 0 Å². The van der Waals surface area contributed by atoms with Gasteiger partial charge in [-0.3, -0.25) is 19.2 Å². The van der Waals surface area contributed by atoms with E-state index in [1.54, 1.807) is 0 Å². The SMILES string of the molecule is NCCOCCOCCOCCC(=O)NCCOCCOCCOCCC(=O)NCCCCCCCCCCCSSCCCCCCCCCCCNC(=O)CCOCCOCCOCCNC(=O)CCOCCOCCOCCN. The van der Waals surface area contributed by atoms with Gasteiger partial charge in [-0.1, -0.05) is 111 Å². The molecule has 0 aromatic heterocycles. The molecule has 486 valence electrons. The van der Waals surface area contributed by atoms with Gasteiger partial charge in [0.05, 0.1) is 159 Å². The van der Waals surface area contributed by atoms with E-state index in [9.17, 15) is 19.2 Å². The largest absolute Gasteiger partial charge is 0.379 e. The highest BCUT2D eigenvalue weighted by Crippen LogP contribution is 2.25. The van der Waals surface area contributed by atoms with E-state index in [0.29, 0.717) is 198 Å². The molecule has 0 aliphatic heterocycles. The molecule has 0 fully saturated rings. The van der Waals surface area contributed by atoms with Crippen LogP contribution in [0.25, 0.3) is 0 Å². The van der Waals surface area contributed by atoms with Gasteiger partial charge in [0.25, 0.3) is 0 Å². The van der Waals surface area contributed by atoms with Crippen LogP contribution >= 0.6 is 21.6 Å². The van der Waals surface area contributed by atoms with Gasteiger partial charge >= 0.3 is 0 Å². The van der Waals surface area contributed by atoms with Crippen LogP contribution in [0.1, 0.15) is 141 Å². The highest BCUT2D eigenvalue weighted by molar-refractivity contribution is 8.76. The number of nitrogens with one attached hydrogen (secondary N) is 4. The third-order valence-corrected chi connectivity index (χ3v) is 14.6. The predicted molar refractivity (Wildman–Crippen MR) is 326 cm³/mol. The van der Waals surface area contributed by atoms with E-state index in [4.69, 9.17) is 68.3 Å². The summed E-state index contributed by atoms with van der Waals surface area (Å²) in [5.74, 6) is 2.40. The van der Waals surface area contributed by atoms with Crippen molar-refractivity contribution in [1.82, 2.24) is 21.3 Å². The van der Waals surface area contributed by atoms with Gasteiger partial charge in [0.15, 0.2) is 0 Å². The average molecular weight is 1220 g/mol. The first kappa shape index (κ1) is 80.0. The quantitative estimate of drug-likeness (QED) is 0.0322. The molecule has 0 aromatic rings. The molecule has 0 aliphatic rings. The number of carbonyl (C=O) groups is 4. The third-order valence-electron chi connectivity index (χ3n) is 12.1. The van der Waals surface area contributed by atoms with E-state index in [2.05, 4.69) is 21.3 Å². The molecule has 0 heterocycles. The summed E-state index contributed by atoms with van der Waals surface area (Å²) in [6.45, 7) is 13.8. The lowest BCUT2D eigenvalue weighted by Gasteiger charge is -2.09. The molecule has 0 aliphatic carbocycles. The van der Waals surface area contributed by atoms with Crippen molar-refractivity contribution < 1.29 is 76.0 Å². The summed E-state index contributed by atoms with van der Waals surface area (Å²) in [7, 11) is 4.10. The molecule has 22 nitrogen and oxygen atoms in total. The van der Waals surface area contributed by atoms with Crippen molar-refractivity contribution in [1.29, 1.82) is 0 Å².